The van der Waals surface area contributed by atoms with E-state index in [4.69, 9.17) is 9.47 Å². The fourth-order valence-electron chi connectivity index (χ4n) is 4.21. The predicted molar refractivity (Wildman–Crippen MR) is 125 cm³/mol. The number of hydrogen-bond acceptors (Lipinski definition) is 7. The van der Waals surface area contributed by atoms with Crippen LogP contribution >= 0.6 is 0 Å². The standard InChI is InChI=1S/C25H27N5O3/c1-15-18(14-26)6-5-7-19(15)16(2)27-24-21-13-23(32-4)22(12-20(21)17(3)28-29-24)25(31)30-8-10-33-11-9-30/h5-7,12-13,16H,8-11H2,1-4H3,(H,27,29)/t16-/m1/s1. The zero-order chi connectivity index (χ0) is 23.5. The van der Waals surface area contributed by atoms with E-state index in [-0.39, 0.29) is 11.9 Å². The topological polar surface area (TPSA) is 100 Å². The van der Waals surface area contributed by atoms with Crippen molar-refractivity contribution >= 4 is 22.5 Å². The Morgan fingerprint density at radius 2 is 1.97 bits per heavy atom. The lowest BCUT2D eigenvalue weighted by Gasteiger charge is -2.27. The summed E-state index contributed by atoms with van der Waals surface area (Å²) in [5.74, 6) is 0.998. The van der Waals surface area contributed by atoms with Gasteiger partial charge in [-0.3, -0.25) is 4.79 Å². The Hall–Kier alpha value is -3.70. The van der Waals surface area contributed by atoms with Gasteiger partial charge in [0.2, 0.25) is 0 Å². The lowest BCUT2D eigenvalue weighted by atomic mass is 9.98. The quantitative estimate of drug-likeness (QED) is 0.638. The molecule has 8 heteroatoms. The number of rotatable bonds is 5. The van der Waals surface area contributed by atoms with Crippen LogP contribution in [0.3, 0.4) is 0 Å². The number of aromatic nitrogens is 2. The first kappa shape index (κ1) is 22.5. The molecule has 1 aliphatic rings. The summed E-state index contributed by atoms with van der Waals surface area (Å²) in [4.78, 5) is 15.0. The summed E-state index contributed by atoms with van der Waals surface area (Å²) in [5.41, 5.74) is 3.81. The van der Waals surface area contributed by atoms with Gasteiger partial charge in [-0.2, -0.15) is 10.4 Å². The van der Waals surface area contributed by atoms with Crippen LogP contribution in [0.25, 0.3) is 10.8 Å². The second kappa shape index (κ2) is 9.43. The minimum absolute atomic E-state index is 0.0833. The van der Waals surface area contributed by atoms with E-state index in [0.717, 1.165) is 27.6 Å². The molecule has 1 amide bonds. The fraction of sp³-hybridized carbons (Fsp3) is 0.360. The van der Waals surface area contributed by atoms with Gasteiger partial charge in [0.25, 0.3) is 5.91 Å². The second-order valence-electron chi connectivity index (χ2n) is 8.13. The number of nitriles is 1. The van der Waals surface area contributed by atoms with Gasteiger partial charge in [0.1, 0.15) is 5.75 Å². The minimum atomic E-state index is -0.112. The zero-order valence-corrected chi connectivity index (χ0v) is 19.3. The molecule has 0 radical (unpaired) electrons. The molecule has 0 bridgehead atoms. The van der Waals surface area contributed by atoms with Crippen molar-refractivity contribution in [1.29, 1.82) is 5.26 Å². The third-order valence-electron chi connectivity index (χ3n) is 6.13. The molecule has 2 aromatic carbocycles. The molecule has 0 spiro atoms. The molecule has 1 aromatic heterocycles. The van der Waals surface area contributed by atoms with E-state index < -0.39 is 0 Å². The number of carbonyl (C=O) groups excluding carboxylic acids is 1. The number of amides is 1. The molecule has 0 unspecified atom stereocenters. The highest BCUT2D eigenvalue weighted by molar-refractivity contribution is 6.04. The molecule has 0 aliphatic carbocycles. The number of anilines is 1. The van der Waals surface area contributed by atoms with Crippen molar-refractivity contribution in [2.24, 2.45) is 0 Å². The van der Waals surface area contributed by atoms with Gasteiger partial charge >= 0.3 is 0 Å². The van der Waals surface area contributed by atoms with E-state index in [1.807, 2.05) is 51.1 Å². The van der Waals surface area contributed by atoms with Gasteiger partial charge in [-0.1, -0.05) is 12.1 Å². The van der Waals surface area contributed by atoms with Crippen molar-refractivity contribution < 1.29 is 14.3 Å². The molecule has 2 heterocycles. The summed E-state index contributed by atoms with van der Waals surface area (Å²) < 4.78 is 11.0. The summed E-state index contributed by atoms with van der Waals surface area (Å²) in [7, 11) is 1.56. The first-order valence-corrected chi connectivity index (χ1v) is 10.9. The van der Waals surface area contributed by atoms with Crippen molar-refractivity contribution in [3.8, 4) is 11.8 Å². The molecule has 170 valence electrons. The third kappa shape index (κ3) is 4.32. The fourth-order valence-corrected chi connectivity index (χ4v) is 4.21. The van der Waals surface area contributed by atoms with Crippen LogP contribution in [0.1, 0.15) is 45.7 Å². The maximum Gasteiger partial charge on any atom is 0.257 e. The van der Waals surface area contributed by atoms with E-state index in [0.29, 0.717) is 49.0 Å². The van der Waals surface area contributed by atoms with Crippen LogP contribution in [0.4, 0.5) is 5.82 Å². The van der Waals surface area contributed by atoms with Crippen molar-refractivity contribution in [2.45, 2.75) is 26.8 Å². The van der Waals surface area contributed by atoms with E-state index in [9.17, 15) is 10.1 Å². The number of fused-ring (bicyclic) bond motifs is 1. The highest BCUT2D eigenvalue weighted by Crippen LogP contribution is 2.33. The summed E-state index contributed by atoms with van der Waals surface area (Å²) in [6.45, 7) is 8.01. The summed E-state index contributed by atoms with van der Waals surface area (Å²) in [5, 5.41) is 23.2. The van der Waals surface area contributed by atoms with Crippen LogP contribution in [-0.2, 0) is 4.74 Å². The molecule has 33 heavy (non-hydrogen) atoms. The molecule has 3 aromatic rings. The first-order valence-electron chi connectivity index (χ1n) is 10.9. The third-order valence-corrected chi connectivity index (χ3v) is 6.13. The molecule has 1 fully saturated rings. The molecular formula is C25H27N5O3. The predicted octanol–water partition coefficient (Wildman–Crippen LogP) is 3.77. The molecule has 1 saturated heterocycles. The van der Waals surface area contributed by atoms with Crippen LogP contribution in [0.5, 0.6) is 5.75 Å². The van der Waals surface area contributed by atoms with Crippen molar-refractivity contribution in [3.05, 3.63) is 58.3 Å². The molecule has 0 saturated carbocycles. The number of hydrogen-bond donors (Lipinski definition) is 1. The zero-order valence-electron chi connectivity index (χ0n) is 19.3. The number of benzene rings is 2. The molecule has 8 nitrogen and oxygen atoms in total. The smallest absolute Gasteiger partial charge is 0.257 e. The van der Waals surface area contributed by atoms with Gasteiger partial charge < -0.3 is 19.7 Å². The van der Waals surface area contributed by atoms with Crippen LogP contribution in [-0.4, -0.2) is 54.4 Å². The van der Waals surface area contributed by atoms with Gasteiger partial charge in [-0.05, 0) is 50.1 Å². The highest BCUT2D eigenvalue weighted by atomic mass is 16.5. The number of aryl methyl sites for hydroxylation is 1. The largest absolute Gasteiger partial charge is 0.496 e. The van der Waals surface area contributed by atoms with E-state index in [1.165, 1.54) is 0 Å². The van der Waals surface area contributed by atoms with Crippen LogP contribution in [0.2, 0.25) is 0 Å². The SMILES string of the molecule is COc1cc2c(N[C@H](C)c3cccc(C#N)c3C)nnc(C)c2cc1C(=O)N1CCOCC1. The maximum absolute atomic E-state index is 13.2. The molecular weight excluding hydrogens is 418 g/mol. The van der Waals surface area contributed by atoms with Gasteiger partial charge in [-0.25, -0.2) is 0 Å². The lowest BCUT2D eigenvalue weighted by molar-refractivity contribution is 0.0301. The Kier molecular flexibility index (Phi) is 6.43. The lowest BCUT2D eigenvalue weighted by Crippen LogP contribution is -2.40. The highest BCUT2D eigenvalue weighted by Gasteiger charge is 2.24. The average Bonchev–Trinajstić information content (AvgIpc) is 2.85. The first-order chi connectivity index (χ1) is 15.9. The monoisotopic (exact) mass is 445 g/mol. The summed E-state index contributed by atoms with van der Waals surface area (Å²) in [6, 6.07) is 11.5. The van der Waals surface area contributed by atoms with Crippen LogP contribution < -0.4 is 10.1 Å². The van der Waals surface area contributed by atoms with E-state index in [1.54, 1.807) is 12.0 Å². The Bertz CT molecular complexity index is 1250. The summed E-state index contributed by atoms with van der Waals surface area (Å²) in [6.07, 6.45) is 0. The molecule has 1 N–H and O–H groups in total. The van der Waals surface area contributed by atoms with E-state index >= 15 is 0 Å². The molecule has 1 aliphatic heterocycles. The van der Waals surface area contributed by atoms with Gasteiger partial charge in [0.05, 0.1) is 49.3 Å². The Morgan fingerprint density at radius 1 is 1.21 bits per heavy atom. The van der Waals surface area contributed by atoms with Crippen molar-refractivity contribution in [1.82, 2.24) is 15.1 Å². The normalized spacial score (nSPS) is 14.6. The second-order valence-corrected chi connectivity index (χ2v) is 8.13. The van der Waals surface area contributed by atoms with Crippen molar-refractivity contribution in [2.75, 3.05) is 38.7 Å². The summed E-state index contributed by atoms with van der Waals surface area (Å²) >= 11 is 0. The van der Waals surface area contributed by atoms with E-state index in [2.05, 4.69) is 21.6 Å². The van der Waals surface area contributed by atoms with Gasteiger partial charge in [-0.15, -0.1) is 5.10 Å². The Labute approximate surface area is 193 Å². The van der Waals surface area contributed by atoms with Crippen molar-refractivity contribution in [3.63, 3.8) is 0 Å². The number of methoxy groups -OCH3 is 1. The number of morpholine rings is 1. The van der Waals surface area contributed by atoms with Crippen LogP contribution in [0.15, 0.2) is 30.3 Å². The Morgan fingerprint density at radius 3 is 2.67 bits per heavy atom. The average molecular weight is 446 g/mol. The number of ether oxygens (including phenoxy) is 2. The number of nitrogens with zero attached hydrogens (tertiary/aromatic N) is 4. The van der Waals surface area contributed by atoms with Crippen LogP contribution in [0, 0.1) is 25.2 Å². The maximum atomic E-state index is 13.2. The van der Waals surface area contributed by atoms with Gasteiger partial charge in [0.15, 0.2) is 5.82 Å². The minimum Gasteiger partial charge on any atom is -0.496 e. The number of nitrogens with one attached hydrogen (secondary N) is 1. The molecule has 4 rings (SSSR count). The molecule has 1 atom stereocenters. The Balaban J connectivity index is 1.74. The number of carbonyl (C=O) groups is 1. The van der Waals surface area contributed by atoms with Gasteiger partial charge in [0, 0.05) is 23.9 Å².